The zero-order chi connectivity index (χ0) is 12.3. The Bertz CT molecular complexity index is 473. The van der Waals surface area contributed by atoms with Crippen LogP contribution in [-0.4, -0.2) is 16.1 Å². The van der Waals surface area contributed by atoms with E-state index in [1.54, 1.807) is 0 Å². The molecule has 0 radical (unpaired) electrons. The minimum Gasteiger partial charge on any atom is -0.383 e. The van der Waals surface area contributed by atoms with Gasteiger partial charge < -0.3 is 11.1 Å². The number of aromatic amines is 1. The molecular formula is C10H18N4O2. The molecule has 1 aromatic heterocycles. The maximum absolute atomic E-state index is 11.5. The highest BCUT2D eigenvalue weighted by Gasteiger charge is 2.08. The van der Waals surface area contributed by atoms with Gasteiger partial charge in [0.25, 0.3) is 5.56 Å². The highest BCUT2D eigenvalue weighted by Crippen LogP contribution is 2.09. The third-order valence-corrected chi connectivity index (χ3v) is 2.39. The number of nitrogen functional groups attached to an aromatic ring is 1. The minimum absolute atomic E-state index is 0.164. The number of hydrogen-bond acceptors (Lipinski definition) is 4. The van der Waals surface area contributed by atoms with Crippen LogP contribution < -0.4 is 22.3 Å². The van der Waals surface area contributed by atoms with Gasteiger partial charge in [0.15, 0.2) is 0 Å². The second-order valence-corrected chi connectivity index (χ2v) is 4.19. The molecule has 90 valence electrons. The van der Waals surface area contributed by atoms with Crippen LogP contribution in [0.2, 0.25) is 0 Å². The van der Waals surface area contributed by atoms with Crippen LogP contribution in [0.4, 0.5) is 11.5 Å². The molecular weight excluding hydrogens is 208 g/mol. The molecule has 0 aromatic carbocycles. The van der Waals surface area contributed by atoms with E-state index in [4.69, 9.17) is 5.73 Å². The Morgan fingerprint density at radius 3 is 2.62 bits per heavy atom. The van der Waals surface area contributed by atoms with Gasteiger partial charge in [-0.05, 0) is 12.3 Å². The van der Waals surface area contributed by atoms with Crippen LogP contribution in [0, 0.1) is 5.92 Å². The Balaban J connectivity index is 2.93. The summed E-state index contributed by atoms with van der Waals surface area (Å²) < 4.78 is 1.21. The molecule has 0 amide bonds. The predicted molar refractivity (Wildman–Crippen MR) is 64.7 cm³/mol. The van der Waals surface area contributed by atoms with Crippen molar-refractivity contribution < 1.29 is 0 Å². The van der Waals surface area contributed by atoms with E-state index in [0.29, 0.717) is 12.5 Å². The second kappa shape index (κ2) is 4.87. The van der Waals surface area contributed by atoms with Crippen LogP contribution in [0.3, 0.4) is 0 Å². The fraction of sp³-hybridized carbons (Fsp3) is 0.600. The SMILES string of the molecule is CC(C)CCNc1c(N)n(C)c(=O)[nH]c1=O. The number of anilines is 2. The van der Waals surface area contributed by atoms with Crippen molar-refractivity contribution in [3.05, 3.63) is 20.8 Å². The van der Waals surface area contributed by atoms with E-state index < -0.39 is 11.2 Å². The molecule has 6 heteroatoms. The third-order valence-electron chi connectivity index (χ3n) is 2.39. The van der Waals surface area contributed by atoms with E-state index in [1.807, 2.05) is 0 Å². The number of nitrogens with two attached hydrogens (primary N) is 1. The number of nitrogens with one attached hydrogen (secondary N) is 2. The molecule has 1 rings (SSSR count). The first kappa shape index (κ1) is 12.4. The predicted octanol–water partition coefficient (Wildman–Crippen LogP) is 0.114. The summed E-state index contributed by atoms with van der Waals surface area (Å²) in [6.45, 7) is 4.84. The highest BCUT2D eigenvalue weighted by molar-refractivity contribution is 5.60. The summed E-state index contributed by atoms with van der Waals surface area (Å²) in [4.78, 5) is 24.9. The summed E-state index contributed by atoms with van der Waals surface area (Å²) in [6.07, 6.45) is 0.932. The lowest BCUT2D eigenvalue weighted by Crippen LogP contribution is -2.32. The van der Waals surface area contributed by atoms with Crippen molar-refractivity contribution in [1.82, 2.24) is 9.55 Å². The summed E-state index contributed by atoms with van der Waals surface area (Å²) in [6, 6.07) is 0. The highest BCUT2D eigenvalue weighted by atomic mass is 16.2. The van der Waals surface area contributed by atoms with Gasteiger partial charge in [0.2, 0.25) is 0 Å². The first-order valence-electron chi connectivity index (χ1n) is 5.26. The van der Waals surface area contributed by atoms with E-state index in [0.717, 1.165) is 6.42 Å². The molecule has 16 heavy (non-hydrogen) atoms. The van der Waals surface area contributed by atoms with Crippen LogP contribution >= 0.6 is 0 Å². The fourth-order valence-corrected chi connectivity index (χ4v) is 1.29. The Labute approximate surface area is 93.5 Å². The fourth-order valence-electron chi connectivity index (χ4n) is 1.29. The topological polar surface area (TPSA) is 92.9 Å². The maximum atomic E-state index is 11.5. The van der Waals surface area contributed by atoms with Crippen LogP contribution in [0.15, 0.2) is 9.59 Å². The number of rotatable bonds is 4. The molecule has 6 nitrogen and oxygen atoms in total. The van der Waals surface area contributed by atoms with Gasteiger partial charge in [-0.25, -0.2) is 4.79 Å². The zero-order valence-electron chi connectivity index (χ0n) is 9.83. The van der Waals surface area contributed by atoms with Gasteiger partial charge in [0.05, 0.1) is 0 Å². The lowest BCUT2D eigenvalue weighted by molar-refractivity contribution is 0.606. The van der Waals surface area contributed by atoms with E-state index in [9.17, 15) is 9.59 Å². The maximum Gasteiger partial charge on any atom is 0.329 e. The van der Waals surface area contributed by atoms with E-state index in [2.05, 4.69) is 24.1 Å². The van der Waals surface area contributed by atoms with E-state index >= 15 is 0 Å². The van der Waals surface area contributed by atoms with Gasteiger partial charge in [-0.1, -0.05) is 13.8 Å². The summed E-state index contributed by atoms with van der Waals surface area (Å²) in [5.41, 5.74) is 4.98. The molecule has 0 saturated heterocycles. The molecule has 0 aliphatic heterocycles. The summed E-state index contributed by atoms with van der Waals surface area (Å²) >= 11 is 0. The number of H-pyrrole nitrogens is 1. The lowest BCUT2D eigenvalue weighted by Gasteiger charge is -2.11. The number of hydrogen-bond donors (Lipinski definition) is 3. The van der Waals surface area contributed by atoms with Crippen LogP contribution in [0.25, 0.3) is 0 Å². The molecule has 0 unspecified atom stereocenters. The first-order valence-corrected chi connectivity index (χ1v) is 5.26. The van der Waals surface area contributed by atoms with Crippen LogP contribution in [-0.2, 0) is 7.05 Å². The first-order chi connectivity index (χ1) is 7.43. The van der Waals surface area contributed by atoms with Crippen molar-refractivity contribution >= 4 is 11.5 Å². The van der Waals surface area contributed by atoms with Crippen molar-refractivity contribution in [2.24, 2.45) is 13.0 Å². The standard InChI is InChI=1S/C10H18N4O2/c1-6(2)4-5-12-7-8(11)14(3)10(16)13-9(7)15/h6,12H,4-5,11H2,1-3H3,(H,13,15,16). The molecule has 0 spiro atoms. The van der Waals surface area contributed by atoms with Gasteiger partial charge in [0, 0.05) is 13.6 Å². The Morgan fingerprint density at radius 1 is 1.44 bits per heavy atom. The summed E-state index contributed by atoms with van der Waals surface area (Å²) in [7, 11) is 1.52. The Hall–Kier alpha value is -1.72. The largest absolute Gasteiger partial charge is 0.383 e. The summed E-state index contributed by atoms with van der Waals surface area (Å²) in [5.74, 6) is 0.706. The molecule has 0 fully saturated rings. The third kappa shape index (κ3) is 2.65. The van der Waals surface area contributed by atoms with Crippen LogP contribution in [0.1, 0.15) is 20.3 Å². The minimum atomic E-state index is -0.503. The quantitative estimate of drug-likeness (QED) is 0.679. The Kier molecular flexibility index (Phi) is 3.76. The average molecular weight is 226 g/mol. The van der Waals surface area contributed by atoms with Gasteiger partial charge in [0.1, 0.15) is 11.5 Å². The zero-order valence-corrected chi connectivity index (χ0v) is 9.83. The van der Waals surface area contributed by atoms with Gasteiger partial charge >= 0.3 is 5.69 Å². The number of aromatic nitrogens is 2. The van der Waals surface area contributed by atoms with Crippen molar-refractivity contribution in [2.75, 3.05) is 17.6 Å². The monoisotopic (exact) mass is 226 g/mol. The van der Waals surface area contributed by atoms with Crippen molar-refractivity contribution in [1.29, 1.82) is 0 Å². The molecule has 4 N–H and O–H groups in total. The normalized spacial score (nSPS) is 10.8. The second-order valence-electron chi connectivity index (χ2n) is 4.19. The molecule has 0 saturated carbocycles. The van der Waals surface area contributed by atoms with Crippen molar-refractivity contribution in [3.8, 4) is 0 Å². The van der Waals surface area contributed by atoms with E-state index in [1.165, 1.54) is 11.6 Å². The molecule has 0 atom stereocenters. The molecule has 0 aliphatic rings. The molecule has 1 heterocycles. The molecule has 1 aromatic rings. The van der Waals surface area contributed by atoms with Crippen molar-refractivity contribution in [2.45, 2.75) is 20.3 Å². The molecule has 0 aliphatic carbocycles. The Morgan fingerprint density at radius 2 is 2.06 bits per heavy atom. The average Bonchev–Trinajstić information content (AvgIpc) is 2.19. The lowest BCUT2D eigenvalue weighted by atomic mass is 10.1. The van der Waals surface area contributed by atoms with Crippen LogP contribution in [0.5, 0.6) is 0 Å². The summed E-state index contributed by atoms with van der Waals surface area (Å²) in [5, 5.41) is 2.95. The van der Waals surface area contributed by atoms with E-state index in [-0.39, 0.29) is 11.5 Å². The molecule has 0 bridgehead atoms. The van der Waals surface area contributed by atoms with Gasteiger partial charge in [-0.3, -0.25) is 14.3 Å². The van der Waals surface area contributed by atoms with Gasteiger partial charge in [-0.15, -0.1) is 0 Å². The smallest absolute Gasteiger partial charge is 0.329 e. The van der Waals surface area contributed by atoms with Crippen molar-refractivity contribution in [3.63, 3.8) is 0 Å². The number of nitrogens with zero attached hydrogens (tertiary/aromatic N) is 1. The van der Waals surface area contributed by atoms with Gasteiger partial charge in [-0.2, -0.15) is 0 Å².